The number of hydrogen-bond acceptors (Lipinski definition) is 5. The SMILES string of the molecule is CCc1ccc(NC(=O)COc2ccc3c(=O)c(Oc4ccccc4Cl)coc3c2)cc1. The number of rotatable bonds is 7. The van der Waals surface area contributed by atoms with Gasteiger partial charge in [-0.2, -0.15) is 0 Å². The van der Waals surface area contributed by atoms with E-state index in [2.05, 4.69) is 12.2 Å². The summed E-state index contributed by atoms with van der Waals surface area (Å²) in [4.78, 5) is 24.9. The zero-order valence-corrected chi connectivity index (χ0v) is 18.0. The van der Waals surface area contributed by atoms with Gasteiger partial charge in [-0.1, -0.05) is 42.8 Å². The van der Waals surface area contributed by atoms with Crippen LogP contribution in [0, 0.1) is 0 Å². The minimum atomic E-state index is -0.342. The van der Waals surface area contributed by atoms with Crippen molar-refractivity contribution < 1.29 is 18.7 Å². The molecule has 0 aliphatic carbocycles. The molecule has 0 saturated heterocycles. The lowest BCUT2D eigenvalue weighted by molar-refractivity contribution is -0.118. The summed E-state index contributed by atoms with van der Waals surface area (Å²) in [6.07, 6.45) is 2.16. The van der Waals surface area contributed by atoms with Crippen molar-refractivity contribution in [1.82, 2.24) is 0 Å². The molecular weight excluding hydrogens is 430 g/mol. The molecular formula is C25H20ClNO5. The van der Waals surface area contributed by atoms with Crippen LogP contribution in [0.2, 0.25) is 5.02 Å². The largest absolute Gasteiger partial charge is 0.484 e. The molecule has 162 valence electrons. The second kappa shape index (κ2) is 9.58. The van der Waals surface area contributed by atoms with E-state index in [1.165, 1.54) is 11.8 Å². The van der Waals surface area contributed by atoms with Gasteiger partial charge in [-0.05, 0) is 48.4 Å². The lowest BCUT2D eigenvalue weighted by Crippen LogP contribution is -2.20. The Kier molecular flexibility index (Phi) is 6.42. The lowest BCUT2D eigenvalue weighted by Gasteiger charge is -2.09. The quantitative estimate of drug-likeness (QED) is 0.384. The van der Waals surface area contributed by atoms with Gasteiger partial charge in [0.2, 0.25) is 11.2 Å². The van der Waals surface area contributed by atoms with Crippen molar-refractivity contribution in [3.8, 4) is 17.2 Å². The van der Waals surface area contributed by atoms with E-state index in [1.807, 2.05) is 24.3 Å². The molecule has 1 amide bonds. The number of carbonyl (C=O) groups excluding carboxylic acids is 1. The summed E-state index contributed by atoms with van der Waals surface area (Å²) >= 11 is 6.08. The fourth-order valence-electron chi connectivity index (χ4n) is 3.07. The molecule has 0 atom stereocenters. The fraction of sp³-hybridized carbons (Fsp3) is 0.120. The number of nitrogens with one attached hydrogen (secondary N) is 1. The molecule has 0 unspecified atom stereocenters. The van der Waals surface area contributed by atoms with Crippen molar-refractivity contribution in [2.24, 2.45) is 0 Å². The Hall–Kier alpha value is -3.77. The maximum Gasteiger partial charge on any atom is 0.262 e. The van der Waals surface area contributed by atoms with Gasteiger partial charge in [-0.25, -0.2) is 0 Å². The van der Waals surface area contributed by atoms with Crippen molar-refractivity contribution in [2.45, 2.75) is 13.3 Å². The molecule has 0 spiro atoms. The van der Waals surface area contributed by atoms with Crippen molar-refractivity contribution in [1.29, 1.82) is 0 Å². The Morgan fingerprint density at radius 3 is 2.56 bits per heavy atom. The minimum Gasteiger partial charge on any atom is -0.484 e. The summed E-state index contributed by atoms with van der Waals surface area (Å²) in [6.45, 7) is 1.89. The van der Waals surface area contributed by atoms with Gasteiger partial charge in [0, 0.05) is 11.8 Å². The fourth-order valence-corrected chi connectivity index (χ4v) is 3.24. The number of amides is 1. The van der Waals surface area contributed by atoms with Crippen LogP contribution in [0.1, 0.15) is 12.5 Å². The Labute approximate surface area is 189 Å². The predicted molar refractivity (Wildman–Crippen MR) is 124 cm³/mol. The van der Waals surface area contributed by atoms with E-state index in [0.717, 1.165) is 6.42 Å². The highest BCUT2D eigenvalue weighted by atomic mass is 35.5. The second-order valence-electron chi connectivity index (χ2n) is 7.01. The highest BCUT2D eigenvalue weighted by Crippen LogP contribution is 2.29. The normalized spacial score (nSPS) is 10.7. The molecule has 1 N–H and O–H groups in total. The molecule has 4 aromatic rings. The molecule has 7 heteroatoms. The topological polar surface area (TPSA) is 77.8 Å². The van der Waals surface area contributed by atoms with Crippen molar-refractivity contribution in [3.63, 3.8) is 0 Å². The van der Waals surface area contributed by atoms with Crippen LogP contribution in [-0.2, 0) is 11.2 Å². The van der Waals surface area contributed by atoms with Crippen molar-refractivity contribution >= 4 is 34.2 Å². The number of para-hydroxylation sites is 1. The molecule has 0 radical (unpaired) electrons. The average Bonchev–Trinajstić information content (AvgIpc) is 2.81. The van der Waals surface area contributed by atoms with E-state index >= 15 is 0 Å². The van der Waals surface area contributed by atoms with Crippen LogP contribution in [0.4, 0.5) is 5.69 Å². The van der Waals surface area contributed by atoms with Gasteiger partial charge < -0.3 is 19.2 Å². The van der Waals surface area contributed by atoms with Crippen LogP contribution < -0.4 is 20.2 Å². The van der Waals surface area contributed by atoms with E-state index in [1.54, 1.807) is 42.5 Å². The molecule has 1 aromatic heterocycles. The number of ether oxygens (including phenoxy) is 2. The molecule has 0 saturated carbocycles. The Balaban J connectivity index is 1.43. The Morgan fingerprint density at radius 1 is 1.03 bits per heavy atom. The highest BCUT2D eigenvalue weighted by Gasteiger charge is 2.12. The van der Waals surface area contributed by atoms with E-state index in [4.69, 9.17) is 25.5 Å². The molecule has 32 heavy (non-hydrogen) atoms. The van der Waals surface area contributed by atoms with Gasteiger partial charge in [0.25, 0.3) is 5.91 Å². The smallest absolute Gasteiger partial charge is 0.262 e. The van der Waals surface area contributed by atoms with Gasteiger partial charge in [-0.3, -0.25) is 9.59 Å². The molecule has 3 aromatic carbocycles. The summed E-state index contributed by atoms with van der Waals surface area (Å²) in [5.41, 5.74) is 1.87. The monoisotopic (exact) mass is 449 g/mol. The number of aryl methyl sites for hydroxylation is 1. The summed E-state index contributed by atoms with van der Waals surface area (Å²) < 4.78 is 16.7. The first-order chi connectivity index (χ1) is 15.5. The van der Waals surface area contributed by atoms with Crippen LogP contribution >= 0.6 is 11.6 Å². The third kappa shape index (κ3) is 4.92. The van der Waals surface area contributed by atoms with Gasteiger partial charge in [0.15, 0.2) is 6.61 Å². The maximum atomic E-state index is 12.7. The highest BCUT2D eigenvalue weighted by molar-refractivity contribution is 6.32. The zero-order chi connectivity index (χ0) is 22.5. The third-order valence-corrected chi connectivity index (χ3v) is 5.10. The van der Waals surface area contributed by atoms with Crippen molar-refractivity contribution in [2.75, 3.05) is 11.9 Å². The molecule has 0 bridgehead atoms. The number of benzene rings is 3. The summed E-state index contributed by atoms with van der Waals surface area (Å²) in [7, 11) is 0. The molecule has 0 fully saturated rings. The lowest BCUT2D eigenvalue weighted by atomic mass is 10.1. The van der Waals surface area contributed by atoms with Crippen LogP contribution in [0.25, 0.3) is 11.0 Å². The van der Waals surface area contributed by atoms with Crippen LogP contribution in [0.3, 0.4) is 0 Å². The standard InChI is InChI=1S/C25H20ClNO5/c1-2-16-7-9-17(10-8-16)27-24(28)15-30-18-11-12-19-22(13-18)31-14-23(25(19)29)32-21-6-4-3-5-20(21)26/h3-14H,2,15H2,1H3,(H,27,28). The molecule has 4 rings (SSSR count). The predicted octanol–water partition coefficient (Wildman–Crippen LogP) is 5.82. The van der Waals surface area contributed by atoms with E-state index in [0.29, 0.717) is 33.2 Å². The zero-order valence-electron chi connectivity index (χ0n) is 17.3. The van der Waals surface area contributed by atoms with E-state index < -0.39 is 0 Å². The van der Waals surface area contributed by atoms with E-state index in [-0.39, 0.29) is 23.7 Å². The maximum absolute atomic E-state index is 12.7. The summed E-state index contributed by atoms with van der Waals surface area (Å²) in [6, 6.07) is 19.2. The van der Waals surface area contributed by atoms with Gasteiger partial charge in [0.1, 0.15) is 23.3 Å². The average molecular weight is 450 g/mol. The van der Waals surface area contributed by atoms with Crippen LogP contribution in [-0.4, -0.2) is 12.5 Å². The first-order valence-electron chi connectivity index (χ1n) is 10.0. The Bertz CT molecular complexity index is 1310. The van der Waals surface area contributed by atoms with Gasteiger partial charge >= 0.3 is 0 Å². The first kappa shape index (κ1) is 21.5. The number of fused-ring (bicyclic) bond motifs is 1. The Morgan fingerprint density at radius 2 is 1.81 bits per heavy atom. The molecule has 1 heterocycles. The van der Waals surface area contributed by atoms with E-state index in [9.17, 15) is 9.59 Å². The minimum absolute atomic E-state index is 0.0211. The number of halogens is 1. The molecule has 6 nitrogen and oxygen atoms in total. The second-order valence-corrected chi connectivity index (χ2v) is 7.41. The number of anilines is 1. The number of hydrogen-bond donors (Lipinski definition) is 1. The van der Waals surface area contributed by atoms with Crippen LogP contribution in [0.5, 0.6) is 17.2 Å². The molecule has 0 aliphatic heterocycles. The van der Waals surface area contributed by atoms with Gasteiger partial charge in [0.05, 0.1) is 10.4 Å². The van der Waals surface area contributed by atoms with Gasteiger partial charge in [-0.15, -0.1) is 0 Å². The first-order valence-corrected chi connectivity index (χ1v) is 10.4. The summed E-state index contributed by atoms with van der Waals surface area (Å²) in [5.74, 6) is 0.486. The number of carbonyl (C=O) groups is 1. The third-order valence-electron chi connectivity index (χ3n) is 4.79. The van der Waals surface area contributed by atoms with Crippen molar-refractivity contribution in [3.05, 3.63) is 93.8 Å². The molecule has 0 aliphatic rings. The summed E-state index contributed by atoms with van der Waals surface area (Å²) in [5, 5.41) is 3.49. The van der Waals surface area contributed by atoms with Crippen LogP contribution in [0.15, 0.2) is 82.2 Å².